The molecule has 17 heavy (non-hydrogen) atoms. The molecule has 2 rings (SSSR count). The van der Waals surface area contributed by atoms with Crippen molar-refractivity contribution < 1.29 is 9.59 Å². The van der Waals surface area contributed by atoms with Crippen molar-refractivity contribution in [2.45, 2.75) is 6.92 Å². The Labute approximate surface area is 99.0 Å². The summed E-state index contributed by atoms with van der Waals surface area (Å²) in [6.07, 6.45) is 1.50. The molecule has 0 saturated carbocycles. The molecule has 1 aliphatic rings. The molecular weight excluding hydrogens is 220 g/mol. The predicted molar refractivity (Wildman–Crippen MR) is 63.3 cm³/mol. The Kier molecular flexibility index (Phi) is 2.95. The van der Waals surface area contributed by atoms with E-state index in [1.54, 1.807) is 12.1 Å². The molecule has 0 atom stereocenters. The van der Waals surface area contributed by atoms with Crippen LogP contribution in [0.3, 0.4) is 0 Å². The van der Waals surface area contributed by atoms with Crippen LogP contribution in [0.4, 0.5) is 11.5 Å². The summed E-state index contributed by atoms with van der Waals surface area (Å²) in [4.78, 5) is 30.5. The van der Waals surface area contributed by atoms with Crippen molar-refractivity contribution in [3.63, 3.8) is 0 Å². The zero-order valence-corrected chi connectivity index (χ0v) is 9.59. The van der Waals surface area contributed by atoms with Crippen molar-refractivity contribution in [3.8, 4) is 0 Å². The van der Waals surface area contributed by atoms with Crippen LogP contribution in [-0.2, 0) is 9.59 Å². The van der Waals surface area contributed by atoms with Gasteiger partial charge in [0.15, 0.2) is 0 Å². The van der Waals surface area contributed by atoms with Gasteiger partial charge in [0, 0.05) is 6.54 Å². The van der Waals surface area contributed by atoms with Gasteiger partial charge in [0.2, 0.25) is 11.8 Å². The highest BCUT2D eigenvalue weighted by molar-refractivity contribution is 6.04. The average molecular weight is 234 g/mol. The van der Waals surface area contributed by atoms with Gasteiger partial charge in [-0.1, -0.05) is 0 Å². The van der Waals surface area contributed by atoms with Gasteiger partial charge in [-0.25, -0.2) is 4.98 Å². The predicted octanol–water partition coefficient (Wildman–Crippen LogP) is -0.141. The van der Waals surface area contributed by atoms with E-state index in [0.717, 1.165) is 0 Å². The maximum atomic E-state index is 11.9. The van der Waals surface area contributed by atoms with Crippen LogP contribution in [0.1, 0.15) is 6.92 Å². The Morgan fingerprint density at radius 2 is 2.06 bits per heavy atom. The number of nitrogens with zero attached hydrogens (tertiary/aromatic N) is 3. The standard InChI is InChI=1S/C11H14N4O2/c1-2-14-6-11(17)15(7-10(14)16)8-3-4-9(12)13-5-8/h3-5H,2,6-7H2,1H3,(H2,12,13). The Morgan fingerprint density at radius 1 is 1.29 bits per heavy atom. The summed E-state index contributed by atoms with van der Waals surface area (Å²) in [6.45, 7) is 2.60. The molecule has 0 radical (unpaired) electrons. The number of amides is 2. The van der Waals surface area contributed by atoms with Crippen LogP contribution in [0, 0.1) is 0 Å². The van der Waals surface area contributed by atoms with Crippen LogP contribution in [0.15, 0.2) is 18.3 Å². The van der Waals surface area contributed by atoms with Crippen molar-refractivity contribution in [2.24, 2.45) is 0 Å². The van der Waals surface area contributed by atoms with Crippen LogP contribution in [-0.4, -0.2) is 41.3 Å². The number of aromatic nitrogens is 1. The minimum atomic E-state index is -0.0991. The minimum Gasteiger partial charge on any atom is -0.384 e. The number of anilines is 2. The van der Waals surface area contributed by atoms with Crippen molar-refractivity contribution in [2.75, 3.05) is 30.3 Å². The first-order valence-corrected chi connectivity index (χ1v) is 5.41. The van der Waals surface area contributed by atoms with Gasteiger partial charge in [0.1, 0.15) is 18.9 Å². The Balaban J connectivity index is 2.20. The lowest BCUT2D eigenvalue weighted by Gasteiger charge is -2.33. The molecule has 1 fully saturated rings. The molecule has 6 nitrogen and oxygen atoms in total. The van der Waals surface area contributed by atoms with Gasteiger partial charge in [0.05, 0.1) is 11.9 Å². The minimum absolute atomic E-state index is 0.0519. The van der Waals surface area contributed by atoms with Gasteiger partial charge in [-0.2, -0.15) is 0 Å². The van der Waals surface area contributed by atoms with E-state index in [4.69, 9.17) is 5.73 Å². The summed E-state index contributed by atoms with van der Waals surface area (Å²) in [5.41, 5.74) is 6.08. The molecule has 0 spiro atoms. The fraction of sp³-hybridized carbons (Fsp3) is 0.364. The first kappa shape index (κ1) is 11.4. The number of piperazine rings is 1. The number of carbonyl (C=O) groups is 2. The number of hydrogen-bond acceptors (Lipinski definition) is 4. The third kappa shape index (κ3) is 2.20. The van der Waals surface area contributed by atoms with Gasteiger partial charge in [-0.3, -0.25) is 14.5 Å². The highest BCUT2D eigenvalue weighted by Crippen LogP contribution is 2.17. The Bertz CT molecular complexity index is 443. The Hall–Kier alpha value is -2.11. The van der Waals surface area contributed by atoms with Gasteiger partial charge < -0.3 is 10.6 Å². The smallest absolute Gasteiger partial charge is 0.247 e. The summed E-state index contributed by atoms with van der Waals surface area (Å²) >= 11 is 0. The third-order valence-electron chi connectivity index (χ3n) is 2.74. The molecule has 1 aromatic heterocycles. The van der Waals surface area contributed by atoms with Crippen LogP contribution in [0.2, 0.25) is 0 Å². The van der Waals surface area contributed by atoms with Gasteiger partial charge in [-0.05, 0) is 19.1 Å². The normalized spacial score (nSPS) is 16.5. The summed E-state index contributed by atoms with van der Waals surface area (Å²) in [5, 5.41) is 0. The molecular formula is C11H14N4O2. The van der Waals surface area contributed by atoms with E-state index in [1.807, 2.05) is 6.92 Å². The highest BCUT2D eigenvalue weighted by atomic mass is 16.2. The van der Waals surface area contributed by atoms with Crippen LogP contribution in [0.5, 0.6) is 0 Å². The highest BCUT2D eigenvalue weighted by Gasteiger charge is 2.29. The molecule has 0 bridgehead atoms. The van der Waals surface area contributed by atoms with Crippen LogP contribution in [0.25, 0.3) is 0 Å². The molecule has 90 valence electrons. The summed E-state index contributed by atoms with van der Waals surface area (Å²) in [6, 6.07) is 3.30. The van der Waals surface area contributed by atoms with E-state index < -0.39 is 0 Å². The fourth-order valence-electron chi connectivity index (χ4n) is 1.74. The van der Waals surface area contributed by atoms with E-state index in [1.165, 1.54) is 16.0 Å². The second-order valence-electron chi connectivity index (χ2n) is 3.83. The number of carbonyl (C=O) groups excluding carboxylic acids is 2. The van der Waals surface area contributed by atoms with Crippen LogP contribution >= 0.6 is 0 Å². The number of nitrogens with two attached hydrogens (primary N) is 1. The second kappa shape index (κ2) is 4.40. The van der Waals surface area contributed by atoms with Gasteiger partial charge >= 0.3 is 0 Å². The van der Waals surface area contributed by atoms with Crippen molar-refractivity contribution in [3.05, 3.63) is 18.3 Å². The first-order chi connectivity index (χ1) is 8.11. The molecule has 6 heteroatoms. The lowest BCUT2D eigenvalue weighted by atomic mass is 10.2. The average Bonchev–Trinajstić information content (AvgIpc) is 2.33. The fourth-order valence-corrected chi connectivity index (χ4v) is 1.74. The Morgan fingerprint density at radius 3 is 2.65 bits per heavy atom. The molecule has 1 aromatic rings. The second-order valence-corrected chi connectivity index (χ2v) is 3.83. The van der Waals surface area contributed by atoms with Gasteiger partial charge in [0.25, 0.3) is 0 Å². The maximum Gasteiger partial charge on any atom is 0.247 e. The molecule has 2 heterocycles. The van der Waals surface area contributed by atoms with Crippen molar-refractivity contribution in [1.29, 1.82) is 0 Å². The number of likely N-dealkylation sites (N-methyl/N-ethyl adjacent to an activating group) is 1. The topological polar surface area (TPSA) is 79.5 Å². The monoisotopic (exact) mass is 234 g/mol. The van der Waals surface area contributed by atoms with Crippen LogP contribution < -0.4 is 10.6 Å². The zero-order chi connectivity index (χ0) is 12.4. The lowest BCUT2D eigenvalue weighted by Crippen LogP contribution is -2.53. The number of nitrogen functional groups attached to an aromatic ring is 1. The zero-order valence-electron chi connectivity index (χ0n) is 9.59. The van der Waals surface area contributed by atoms with E-state index >= 15 is 0 Å². The summed E-state index contributed by atoms with van der Waals surface area (Å²) < 4.78 is 0. The molecule has 2 amide bonds. The molecule has 1 aliphatic heterocycles. The summed E-state index contributed by atoms with van der Waals surface area (Å²) in [7, 11) is 0. The quantitative estimate of drug-likeness (QED) is 0.772. The number of rotatable bonds is 2. The number of hydrogen-bond donors (Lipinski definition) is 1. The van der Waals surface area contributed by atoms with Gasteiger partial charge in [-0.15, -0.1) is 0 Å². The SMILES string of the molecule is CCN1CC(=O)N(c2ccc(N)nc2)CC1=O. The van der Waals surface area contributed by atoms with E-state index in [0.29, 0.717) is 18.1 Å². The molecule has 2 N–H and O–H groups in total. The molecule has 0 unspecified atom stereocenters. The first-order valence-electron chi connectivity index (χ1n) is 5.41. The van der Waals surface area contributed by atoms with E-state index in [2.05, 4.69) is 4.98 Å². The van der Waals surface area contributed by atoms with E-state index in [-0.39, 0.29) is 24.9 Å². The summed E-state index contributed by atoms with van der Waals surface area (Å²) in [5.74, 6) is 0.238. The molecule has 0 aromatic carbocycles. The third-order valence-corrected chi connectivity index (χ3v) is 2.74. The van der Waals surface area contributed by atoms with E-state index in [9.17, 15) is 9.59 Å². The lowest BCUT2D eigenvalue weighted by molar-refractivity contribution is -0.138. The van der Waals surface area contributed by atoms with Crippen molar-refractivity contribution in [1.82, 2.24) is 9.88 Å². The molecule has 1 saturated heterocycles. The number of pyridine rings is 1. The molecule has 0 aliphatic carbocycles. The maximum absolute atomic E-state index is 11.9. The largest absolute Gasteiger partial charge is 0.384 e. The van der Waals surface area contributed by atoms with Crippen molar-refractivity contribution >= 4 is 23.3 Å².